The fourth-order valence-corrected chi connectivity index (χ4v) is 1.05. The molecule has 1 atom stereocenters. The molecule has 90 valence electrons. The molecule has 0 unspecified atom stereocenters. The predicted molar refractivity (Wildman–Crippen MR) is 62.1 cm³/mol. The predicted octanol–water partition coefficient (Wildman–Crippen LogP) is 1.36. The van der Waals surface area contributed by atoms with Crippen LogP contribution in [-0.2, 0) is 9.53 Å². The molecule has 0 heterocycles. The normalized spacial score (nSPS) is 13.7. The quantitative estimate of drug-likeness (QED) is 0.436. The van der Waals surface area contributed by atoms with E-state index >= 15 is 0 Å². The van der Waals surface area contributed by atoms with Crippen LogP contribution in [-0.4, -0.2) is 29.0 Å². The molecule has 0 aromatic heterocycles. The van der Waals surface area contributed by atoms with E-state index in [0.717, 1.165) is 12.8 Å². The van der Waals surface area contributed by atoms with Gasteiger partial charge in [0.15, 0.2) is 0 Å². The molecule has 7 heteroatoms. The summed E-state index contributed by atoms with van der Waals surface area (Å²) in [6.45, 7) is 0.289. The lowest BCUT2D eigenvalue weighted by atomic mass is 10.1. The molecule has 15 heavy (non-hydrogen) atoms. The Morgan fingerprint density at radius 2 is 1.93 bits per heavy atom. The molecule has 0 aromatic carbocycles. The van der Waals surface area contributed by atoms with Crippen molar-refractivity contribution >= 4 is 40.8 Å². The third kappa shape index (κ3) is 9.20. The molecule has 0 aliphatic heterocycles. The molecule has 0 rings (SSSR count). The van der Waals surface area contributed by atoms with E-state index in [0.29, 0.717) is 13.0 Å². The lowest BCUT2D eigenvalue weighted by Crippen LogP contribution is -2.34. The molecule has 0 saturated heterocycles. The number of rotatable bonds is 6. The highest BCUT2D eigenvalue weighted by molar-refractivity contribution is 6.67. The Bertz CT molecular complexity index is 197. The van der Waals surface area contributed by atoms with E-state index < -0.39 is 15.8 Å². The van der Waals surface area contributed by atoms with Gasteiger partial charge in [-0.3, -0.25) is 4.79 Å². The second kappa shape index (κ2) is 7.52. The molecule has 0 amide bonds. The van der Waals surface area contributed by atoms with Crippen LogP contribution in [0.4, 0.5) is 0 Å². The molecule has 0 radical (unpaired) electrons. The number of halogens is 3. The van der Waals surface area contributed by atoms with Gasteiger partial charge in [-0.05, 0) is 19.4 Å². The summed E-state index contributed by atoms with van der Waals surface area (Å²) >= 11 is 16.2. The molecular formula is C8H15Cl3N2O2. The second-order valence-electron chi connectivity index (χ2n) is 3.11. The fraction of sp³-hybridized carbons (Fsp3) is 0.875. The third-order valence-corrected chi connectivity index (χ3v) is 1.98. The van der Waals surface area contributed by atoms with E-state index in [4.69, 9.17) is 51.0 Å². The number of unbranched alkanes of at least 4 members (excludes halogenated alkanes) is 1. The van der Waals surface area contributed by atoms with Crippen molar-refractivity contribution in [2.45, 2.75) is 29.1 Å². The summed E-state index contributed by atoms with van der Waals surface area (Å²) < 4.78 is 3.12. The topological polar surface area (TPSA) is 78.3 Å². The Hall–Kier alpha value is 0.260. The molecule has 4 nitrogen and oxygen atoms in total. The minimum atomic E-state index is -1.59. The van der Waals surface area contributed by atoms with Crippen LogP contribution in [0.2, 0.25) is 0 Å². The number of alkyl halides is 3. The highest BCUT2D eigenvalue weighted by Gasteiger charge is 2.24. The Kier molecular flexibility index (Phi) is 7.65. The monoisotopic (exact) mass is 276 g/mol. The molecule has 0 fully saturated rings. The highest BCUT2D eigenvalue weighted by atomic mass is 35.6. The SMILES string of the molecule is NCCCC[C@H](N)C(=O)OCC(Cl)(Cl)Cl. The summed E-state index contributed by atoms with van der Waals surface area (Å²) in [4.78, 5) is 11.2. The van der Waals surface area contributed by atoms with Crippen molar-refractivity contribution in [3.8, 4) is 0 Å². The van der Waals surface area contributed by atoms with Gasteiger partial charge in [-0.25, -0.2) is 0 Å². The molecule has 0 spiro atoms. The minimum Gasteiger partial charge on any atom is -0.460 e. The van der Waals surface area contributed by atoms with Crippen LogP contribution in [0, 0.1) is 0 Å². The van der Waals surface area contributed by atoms with Gasteiger partial charge in [-0.2, -0.15) is 0 Å². The van der Waals surface area contributed by atoms with Gasteiger partial charge in [0.1, 0.15) is 12.6 Å². The maximum Gasteiger partial charge on any atom is 0.323 e. The van der Waals surface area contributed by atoms with Crippen molar-refractivity contribution in [2.75, 3.05) is 13.2 Å². The standard InChI is InChI=1S/C8H15Cl3N2O2/c9-8(10,11)5-15-7(14)6(13)3-1-2-4-12/h6H,1-5,12-13H2/t6-/m0/s1. The maximum absolute atomic E-state index is 11.2. The minimum absolute atomic E-state index is 0.291. The number of hydrogen-bond acceptors (Lipinski definition) is 4. The summed E-state index contributed by atoms with van der Waals surface area (Å²) in [6.07, 6.45) is 2.13. The van der Waals surface area contributed by atoms with Crippen LogP contribution in [0.25, 0.3) is 0 Å². The first-order valence-electron chi connectivity index (χ1n) is 4.56. The van der Waals surface area contributed by atoms with Gasteiger partial charge < -0.3 is 16.2 Å². The van der Waals surface area contributed by atoms with E-state index in [1.807, 2.05) is 0 Å². The van der Waals surface area contributed by atoms with Crippen molar-refractivity contribution in [2.24, 2.45) is 11.5 Å². The molecular weight excluding hydrogens is 262 g/mol. The van der Waals surface area contributed by atoms with Crippen molar-refractivity contribution in [3.05, 3.63) is 0 Å². The number of ether oxygens (including phenoxy) is 1. The van der Waals surface area contributed by atoms with Gasteiger partial charge in [-0.1, -0.05) is 41.2 Å². The Balaban J connectivity index is 3.70. The summed E-state index contributed by atoms with van der Waals surface area (Å²) in [7, 11) is 0. The number of esters is 1. The molecule has 4 N–H and O–H groups in total. The van der Waals surface area contributed by atoms with Gasteiger partial charge in [0, 0.05) is 0 Å². The zero-order chi connectivity index (χ0) is 11.9. The van der Waals surface area contributed by atoms with Gasteiger partial charge in [0.05, 0.1) is 0 Å². The first-order valence-corrected chi connectivity index (χ1v) is 5.69. The van der Waals surface area contributed by atoms with Crippen molar-refractivity contribution in [1.29, 1.82) is 0 Å². The van der Waals surface area contributed by atoms with Gasteiger partial charge >= 0.3 is 5.97 Å². The summed E-state index contributed by atoms with van der Waals surface area (Å²) in [5.41, 5.74) is 10.8. The first-order chi connectivity index (χ1) is 6.87. The number of carbonyl (C=O) groups is 1. The van der Waals surface area contributed by atoms with E-state index in [-0.39, 0.29) is 6.61 Å². The number of nitrogens with two attached hydrogens (primary N) is 2. The Morgan fingerprint density at radius 3 is 2.40 bits per heavy atom. The fourth-order valence-electron chi connectivity index (χ4n) is 0.886. The van der Waals surface area contributed by atoms with Gasteiger partial charge in [0.2, 0.25) is 3.79 Å². The lowest BCUT2D eigenvalue weighted by molar-refractivity contribution is -0.145. The Morgan fingerprint density at radius 1 is 1.33 bits per heavy atom. The van der Waals surface area contributed by atoms with Crippen LogP contribution >= 0.6 is 34.8 Å². The van der Waals surface area contributed by atoms with Crippen molar-refractivity contribution in [3.63, 3.8) is 0 Å². The third-order valence-electron chi connectivity index (χ3n) is 1.65. The van der Waals surface area contributed by atoms with E-state index in [1.165, 1.54) is 0 Å². The largest absolute Gasteiger partial charge is 0.460 e. The highest BCUT2D eigenvalue weighted by Crippen LogP contribution is 2.26. The smallest absolute Gasteiger partial charge is 0.323 e. The zero-order valence-electron chi connectivity index (χ0n) is 8.22. The molecule has 0 aliphatic carbocycles. The van der Waals surface area contributed by atoms with E-state index in [2.05, 4.69) is 0 Å². The van der Waals surface area contributed by atoms with E-state index in [1.54, 1.807) is 0 Å². The molecule has 0 saturated carbocycles. The van der Waals surface area contributed by atoms with Crippen molar-refractivity contribution in [1.82, 2.24) is 0 Å². The van der Waals surface area contributed by atoms with Crippen LogP contribution < -0.4 is 11.5 Å². The first kappa shape index (κ1) is 15.3. The Labute approximate surface area is 104 Å². The lowest BCUT2D eigenvalue weighted by Gasteiger charge is -2.14. The van der Waals surface area contributed by atoms with Crippen LogP contribution in [0.1, 0.15) is 19.3 Å². The molecule has 0 aliphatic rings. The van der Waals surface area contributed by atoms with Crippen LogP contribution in [0.5, 0.6) is 0 Å². The molecule has 0 aromatic rings. The average molecular weight is 278 g/mol. The van der Waals surface area contributed by atoms with Crippen LogP contribution in [0.15, 0.2) is 0 Å². The van der Waals surface area contributed by atoms with E-state index in [9.17, 15) is 4.79 Å². The number of carbonyl (C=O) groups excluding carboxylic acids is 1. The van der Waals surface area contributed by atoms with Gasteiger partial charge in [-0.15, -0.1) is 0 Å². The second-order valence-corrected chi connectivity index (χ2v) is 5.63. The zero-order valence-corrected chi connectivity index (χ0v) is 10.5. The van der Waals surface area contributed by atoms with Crippen molar-refractivity contribution < 1.29 is 9.53 Å². The summed E-state index contributed by atoms with van der Waals surface area (Å²) in [6, 6.07) is -0.677. The summed E-state index contributed by atoms with van der Waals surface area (Å²) in [5.74, 6) is -0.557. The average Bonchev–Trinajstić information content (AvgIpc) is 2.13. The number of hydrogen-bond donors (Lipinski definition) is 2. The maximum atomic E-state index is 11.2. The van der Waals surface area contributed by atoms with Crippen LogP contribution in [0.3, 0.4) is 0 Å². The molecule has 0 bridgehead atoms. The summed E-state index contributed by atoms with van der Waals surface area (Å²) in [5, 5.41) is 0. The van der Waals surface area contributed by atoms with Gasteiger partial charge in [0.25, 0.3) is 0 Å².